The maximum Gasteiger partial charge on any atom is 0.104 e. The largest absolute Gasteiger partial charge is 0.306 e. The molecule has 0 spiro atoms. The standard InChI is InChI=1S/C57H36N6/c1-59-35-45-56(62-50-30-14-6-22-40(50)41-23-7-15-31-51(41)62)54(60-46-26-10-2-18-36(46)37-19-3-11-27-47(37)60)44(34-58)55(61-48-28-12-4-20-38(48)39-21-5-13-29-49(39)61)57(45)63-52-32-16-8-24-42(52)43-25-9-17-33-53(43)63/h2-33,35H,1H3/b59-35+. The lowest BCUT2D eigenvalue weighted by atomic mass is 9.98. The molecule has 0 radical (unpaired) electrons. The van der Waals surface area contributed by atoms with Crippen LogP contribution in [0.1, 0.15) is 11.1 Å². The van der Waals surface area contributed by atoms with E-state index in [-0.39, 0.29) is 0 Å². The molecule has 63 heavy (non-hydrogen) atoms. The Morgan fingerprint density at radius 3 is 0.746 bits per heavy atom. The number of benzene rings is 9. The molecule has 294 valence electrons. The molecule has 0 atom stereocenters. The van der Waals surface area contributed by atoms with Gasteiger partial charge in [-0.2, -0.15) is 5.26 Å². The summed E-state index contributed by atoms with van der Waals surface area (Å²) in [4.78, 5) is 4.96. The highest BCUT2D eigenvalue weighted by molar-refractivity contribution is 6.17. The minimum Gasteiger partial charge on any atom is -0.306 e. The van der Waals surface area contributed by atoms with Crippen LogP contribution >= 0.6 is 0 Å². The third-order valence-electron chi connectivity index (χ3n) is 13.0. The average molecular weight is 805 g/mol. The number of nitriles is 1. The second-order valence-corrected chi connectivity index (χ2v) is 16.2. The van der Waals surface area contributed by atoms with Gasteiger partial charge in [-0.1, -0.05) is 146 Å². The zero-order chi connectivity index (χ0) is 41.8. The fraction of sp³-hybridized carbons (Fsp3) is 0.0175. The van der Waals surface area contributed by atoms with Crippen LogP contribution in [0.5, 0.6) is 0 Å². The van der Waals surface area contributed by atoms with Crippen LogP contribution in [0.2, 0.25) is 0 Å². The predicted molar refractivity (Wildman–Crippen MR) is 262 cm³/mol. The molecule has 0 saturated heterocycles. The van der Waals surface area contributed by atoms with Crippen LogP contribution in [0.25, 0.3) is 110 Å². The van der Waals surface area contributed by atoms with Gasteiger partial charge in [0.2, 0.25) is 0 Å². The van der Waals surface area contributed by atoms with Gasteiger partial charge in [0.25, 0.3) is 0 Å². The first-order valence-corrected chi connectivity index (χ1v) is 21.3. The number of nitrogens with zero attached hydrogens (tertiary/aromatic N) is 6. The van der Waals surface area contributed by atoms with Crippen LogP contribution in [0, 0.1) is 11.3 Å². The van der Waals surface area contributed by atoms with Gasteiger partial charge < -0.3 is 18.3 Å². The van der Waals surface area contributed by atoms with E-state index in [1.807, 2.05) is 13.3 Å². The topological polar surface area (TPSA) is 55.9 Å². The van der Waals surface area contributed by atoms with E-state index in [1.165, 1.54) is 0 Å². The van der Waals surface area contributed by atoms with Crippen molar-refractivity contribution >= 4 is 93.4 Å². The maximum absolute atomic E-state index is 12.4. The van der Waals surface area contributed by atoms with Crippen LogP contribution in [0.15, 0.2) is 199 Å². The number of fused-ring (bicyclic) bond motifs is 12. The molecule has 6 heteroatoms. The lowest BCUT2D eigenvalue weighted by Crippen LogP contribution is -2.17. The molecule has 4 aromatic heterocycles. The summed E-state index contributed by atoms with van der Waals surface area (Å²) in [6, 6.07) is 71.7. The summed E-state index contributed by atoms with van der Waals surface area (Å²) in [6.45, 7) is 0. The van der Waals surface area contributed by atoms with Gasteiger partial charge in [-0.3, -0.25) is 4.99 Å². The number of hydrogen-bond acceptors (Lipinski definition) is 2. The highest BCUT2D eigenvalue weighted by Gasteiger charge is 2.33. The maximum atomic E-state index is 12.4. The van der Waals surface area contributed by atoms with Crippen LogP contribution in [0.3, 0.4) is 0 Å². The summed E-state index contributed by atoms with van der Waals surface area (Å²) in [7, 11) is 1.85. The van der Waals surface area contributed by atoms with Gasteiger partial charge in [-0.05, 0) is 48.5 Å². The van der Waals surface area contributed by atoms with E-state index >= 15 is 0 Å². The lowest BCUT2D eigenvalue weighted by Gasteiger charge is -2.28. The molecule has 4 heterocycles. The SMILES string of the molecule is C/N=C/c1c(-n2c3ccccc3c3ccccc32)c(-n2c3ccccc3c3ccccc32)c(C#N)c(-n2c3ccccc3c3ccccc32)c1-n1c2ccccc2c2ccccc21. The van der Waals surface area contributed by atoms with Crippen LogP contribution < -0.4 is 0 Å². The van der Waals surface area contributed by atoms with Crippen molar-refractivity contribution in [3.8, 4) is 28.8 Å². The van der Waals surface area contributed by atoms with Crippen molar-refractivity contribution in [1.82, 2.24) is 18.3 Å². The van der Waals surface area contributed by atoms with Crippen LogP contribution in [0.4, 0.5) is 0 Å². The minimum absolute atomic E-state index is 0.537. The Morgan fingerprint density at radius 2 is 0.540 bits per heavy atom. The Bertz CT molecular complexity index is 3660. The Kier molecular flexibility index (Phi) is 7.48. The third-order valence-corrected chi connectivity index (χ3v) is 13.0. The van der Waals surface area contributed by atoms with Crippen LogP contribution in [-0.2, 0) is 0 Å². The van der Waals surface area contributed by atoms with E-state index in [9.17, 15) is 5.26 Å². The van der Waals surface area contributed by atoms with Crippen molar-refractivity contribution in [3.63, 3.8) is 0 Å². The van der Waals surface area contributed by atoms with Crippen molar-refractivity contribution in [2.24, 2.45) is 4.99 Å². The molecule has 0 aliphatic heterocycles. The second-order valence-electron chi connectivity index (χ2n) is 16.2. The molecule has 0 fully saturated rings. The average Bonchev–Trinajstić information content (AvgIpc) is 4.06. The Labute approximate surface area is 361 Å². The fourth-order valence-electron chi connectivity index (χ4n) is 10.6. The van der Waals surface area contributed by atoms with Crippen molar-refractivity contribution in [2.45, 2.75) is 0 Å². The third kappa shape index (κ3) is 4.73. The molecule has 13 aromatic rings. The predicted octanol–water partition coefficient (Wildman–Crippen LogP) is 14.0. The molecule has 9 aromatic carbocycles. The summed E-state index contributed by atoms with van der Waals surface area (Å²) >= 11 is 0. The summed E-state index contributed by atoms with van der Waals surface area (Å²) in [5, 5.41) is 21.3. The zero-order valence-corrected chi connectivity index (χ0v) is 34.2. The highest BCUT2D eigenvalue weighted by Crippen LogP contribution is 2.48. The monoisotopic (exact) mass is 804 g/mol. The first kappa shape index (κ1) is 35.1. The van der Waals surface area contributed by atoms with Gasteiger partial charge in [0.15, 0.2) is 0 Å². The molecule has 6 nitrogen and oxygen atoms in total. The molecule has 0 aliphatic rings. The molecule has 0 saturated carbocycles. The second kappa shape index (κ2) is 13.4. The number of hydrogen-bond donors (Lipinski definition) is 0. The van der Waals surface area contributed by atoms with E-state index in [2.05, 4.69) is 218 Å². The Balaban J connectivity index is 1.40. The number of para-hydroxylation sites is 8. The number of rotatable bonds is 5. The molecule has 0 aliphatic carbocycles. The van der Waals surface area contributed by atoms with Gasteiger partial charge in [0.1, 0.15) is 11.6 Å². The van der Waals surface area contributed by atoms with Crippen LogP contribution in [-0.4, -0.2) is 31.5 Å². The van der Waals surface area contributed by atoms with Gasteiger partial charge in [0, 0.05) is 61.9 Å². The van der Waals surface area contributed by atoms with Gasteiger partial charge >= 0.3 is 0 Å². The van der Waals surface area contributed by atoms with E-state index in [0.29, 0.717) is 5.56 Å². The molecule has 0 N–H and O–H groups in total. The first-order chi connectivity index (χ1) is 31.3. The van der Waals surface area contributed by atoms with Crippen molar-refractivity contribution in [3.05, 3.63) is 205 Å². The normalized spacial score (nSPS) is 12.1. The number of aliphatic imine (C=N–C) groups is 1. The minimum atomic E-state index is 0.537. The summed E-state index contributed by atoms with van der Waals surface area (Å²) in [5.41, 5.74) is 12.9. The number of aromatic nitrogens is 4. The zero-order valence-electron chi connectivity index (χ0n) is 34.2. The molecule has 0 amide bonds. The van der Waals surface area contributed by atoms with Gasteiger partial charge in [0.05, 0.1) is 66.9 Å². The molecule has 0 unspecified atom stereocenters. The lowest BCUT2D eigenvalue weighted by molar-refractivity contribution is 1.03. The van der Waals surface area contributed by atoms with Crippen molar-refractivity contribution in [1.29, 1.82) is 5.26 Å². The summed E-state index contributed by atoms with van der Waals surface area (Å²) < 4.78 is 9.44. The van der Waals surface area contributed by atoms with E-state index in [4.69, 9.17) is 4.99 Å². The molecular formula is C57H36N6. The summed E-state index contributed by atoms with van der Waals surface area (Å²) in [6.07, 6.45) is 2.02. The van der Waals surface area contributed by atoms with Crippen molar-refractivity contribution in [2.75, 3.05) is 7.05 Å². The van der Waals surface area contributed by atoms with Crippen molar-refractivity contribution < 1.29 is 0 Å². The van der Waals surface area contributed by atoms with E-state index in [1.54, 1.807) is 0 Å². The highest BCUT2D eigenvalue weighted by atomic mass is 15.1. The van der Waals surface area contributed by atoms with E-state index in [0.717, 1.165) is 116 Å². The molecule has 0 bridgehead atoms. The Morgan fingerprint density at radius 1 is 0.333 bits per heavy atom. The van der Waals surface area contributed by atoms with E-state index < -0.39 is 0 Å². The Hall–Kier alpha value is -8.66. The van der Waals surface area contributed by atoms with Gasteiger partial charge in [-0.15, -0.1) is 0 Å². The smallest absolute Gasteiger partial charge is 0.104 e. The van der Waals surface area contributed by atoms with Gasteiger partial charge in [-0.25, -0.2) is 0 Å². The summed E-state index contributed by atoms with van der Waals surface area (Å²) in [5.74, 6) is 0. The molecule has 13 rings (SSSR count). The quantitative estimate of drug-likeness (QED) is 0.160. The first-order valence-electron chi connectivity index (χ1n) is 21.3. The fourth-order valence-corrected chi connectivity index (χ4v) is 10.6. The molecular weight excluding hydrogens is 769 g/mol.